The number of hydrogen-bond acceptors (Lipinski definition) is 3. The van der Waals surface area contributed by atoms with Gasteiger partial charge >= 0.3 is 0 Å². The average molecular weight is 273 g/mol. The Morgan fingerprint density at radius 3 is 2.88 bits per heavy atom. The van der Waals surface area contributed by atoms with Crippen molar-refractivity contribution in [2.75, 3.05) is 13.1 Å². The van der Waals surface area contributed by atoms with Crippen LogP contribution in [0.25, 0.3) is 0 Å². The molecule has 0 radical (unpaired) electrons. The van der Waals surface area contributed by atoms with Crippen LogP contribution in [0.2, 0.25) is 0 Å². The predicted octanol–water partition coefficient (Wildman–Crippen LogP) is 1.71. The van der Waals surface area contributed by atoms with E-state index in [1.54, 1.807) is 11.3 Å². The maximum absolute atomic E-state index is 11.2. The molecule has 2 N–H and O–H groups in total. The van der Waals surface area contributed by atoms with E-state index < -0.39 is 0 Å². The monoisotopic (exact) mass is 272 g/mol. The summed E-state index contributed by atoms with van der Waals surface area (Å²) in [5, 5.41) is 5.84. The molecule has 1 aromatic heterocycles. The molecular formula is C12H17ClN2OS. The van der Waals surface area contributed by atoms with Crippen LogP contribution in [0.3, 0.4) is 0 Å². The van der Waals surface area contributed by atoms with Crippen LogP contribution in [0.1, 0.15) is 16.2 Å². The van der Waals surface area contributed by atoms with Gasteiger partial charge in [-0.3, -0.25) is 4.79 Å². The fourth-order valence-electron chi connectivity index (χ4n) is 1.23. The minimum Gasteiger partial charge on any atom is -0.345 e. The van der Waals surface area contributed by atoms with Gasteiger partial charge in [0, 0.05) is 29.3 Å². The number of terminal acetylenes is 1. The van der Waals surface area contributed by atoms with Crippen molar-refractivity contribution in [1.82, 2.24) is 10.6 Å². The van der Waals surface area contributed by atoms with Crippen molar-refractivity contribution in [1.29, 1.82) is 0 Å². The summed E-state index contributed by atoms with van der Waals surface area (Å²) in [6, 6.07) is 4.20. The number of nitrogens with one attached hydrogen (secondary N) is 2. The number of carbonyl (C=O) groups is 1. The van der Waals surface area contributed by atoms with E-state index in [0.717, 1.165) is 6.54 Å². The van der Waals surface area contributed by atoms with Crippen LogP contribution < -0.4 is 10.6 Å². The number of thiophene rings is 1. The highest BCUT2D eigenvalue weighted by atomic mass is 35.5. The molecule has 5 heteroatoms. The second-order valence-corrected chi connectivity index (χ2v) is 4.79. The maximum Gasteiger partial charge on any atom is 0.222 e. The summed E-state index contributed by atoms with van der Waals surface area (Å²) in [6.45, 7) is 3.89. The quantitative estimate of drug-likeness (QED) is 0.611. The molecule has 1 rings (SSSR count). The van der Waals surface area contributed by atoms with E-state index in [9.17, 15) is 4.79 Å². The summed E-state index contributed by atoms with van der Waals surface area (Å²) >= 11 is 1.77. The largest absolute Gasteiger partial charge is 0.345 e. The Kier molecular flexibility index (Phi) is 8.51. The number of halogens is 1. The van der Waals surface area contributed by atoms with Crippen LogP contribution in [0.4, 0.5) is 0 Å². The molecule has 0 spiro atoms. The summed E-state index contributed by atoms with van der Waals surface area (Å²) < 4.78 is 0. The second-order valence-electron chi connectivity index (χ2n) is 3.42. The number of hydrogen-bond donors (Lipinski definition) is 2. The van der Waals surface area contributed by atoms with Gasteiger partial charge in [0.15, 0.2) is 0 Å². The smallest absolute Gasteiger partial charge is 0.222 e. The lowest BCUT2D eigenvalue weighted by atomic mass is 10.3. The summed E-state index contributed by atoms with van der Waals surface area (Å²) in [5.74, 6) is 2.36. The predicted molar refractivity (Wildman–Crippen MR) is 74.5 cm³/mol. The molecular weight excluding hydrogens is 256 g/mol. The lowest BCUT2D eigenvalue weighted by molar-refractivity contribution is -0.120. The highest BCUT2D eigenvalue weighted by Gasteiger charge is 1.99. The molecule has 0 aliphatic carbocycles. The Balaban J connectivity index is 0.00000256. The second kappa shape index (κ2) is 9.06. The van der Waals surface area contributed by atoms with Crippen LogP contribution in [-0.2, 0) is 11.3 Å². The molecule has 0 unspecified atom stereocenters. The molecule has 0 aromatic carbocycles. The summed E-state index contributed by atoms with van der Waals surface area (Å²) in [5.41, 5.74) is 0. The van der Waals surface area contributed by atoms with Crippen molar-refractivity contribution in [2.24, 2.45) is 0 Å². The first kappa shape index (κ1) is 16.0. The van der Waals surface area contributed by atoms with Crippen LogP contribution in [0, 0.1) is 19.3 Å². The molecule has 3 nitrogen and oxygen atoms in total. The molecule has 0 saturated heterocycles. The van der Waals surface area contributed by atoms with Gasteiger partial charge < -0.3 is 10.6 Å². The molecule has 0 atom stereocenters. The molecule has 1 aromatic rings. The molecule has 0 bridgehead atoms. The number of amides is 1. The Morgan fingerprint density at radius 1 is 1.53 bits per heavy atom. The zero-order valence-electron chi connectivity index (χ0n) is 9.79. The fourth-order valence-corrected chi connectivity index (χ4v) is 2.09. The van der Waals surface area contributed by atoms with Gasteiger partial charge in [-0.1, -0.05) is 5.92 Å². The van der Waals surface area contributed by atoms with E-state index in [4.69, 9.17) is 6.42 Å². The lowest BCUT2D eigenvalue weighted by Gasteiger charge is -2.03. The van der Waals surface area contributed by atoms with E-state index in [-0.39, 0.29) is 18.3 Å². The first-order chi connectivity index (χ1) is 7.72. The molecule has 1 heterocycles. The van der Waals surface area contributed by atoms with Crippen molar-refractivity contribution in [3.8, 4) is 12.3 Å². The van der Waals surface area contributed by atoms with Crippen LogP contribution in [0.15, 0.2) is 12.1 Å². The van der Waals surface area contributed by atoms with Crippen LogP contribution in [-0.4, -0.2) is 19.0 Å². The summed E-state index contributed by atoms with van der Waals surface area (Å²) in [7, 11) is 0. The fraction of sp³-hybridized carbons (Fsp3) is 0.417. The average Bonchev–Trinajstić information content (AvgIpc) is 2.67. The Bertz CT molecular complexity index is 384. The first-order valence-corrected chi connectivity index (χ1v) is 6.00. The topological polar surface area (TPSA) is 41.1 Å². The van der Waals surface area contributed by atoms with Gasteiger partial charge in [-0.2, -0.15) is 0 Å². The Hall–Kier alpha value is -1.02. The number of aryl methyl sites for hydroxylation is 1. The van der Waals surface area contributed by atoms with Crippen LogP contribution in [0.5, 0.6) is 0 Å². The normalized spacial score (nSPS) is 9.18. The maximum atomic E-state index is 11.2. The van der Waals surface area contributed by atoms with E-state index in [0.29, 0.717) is 19.5 Å². The number of carbonyl (C=O) groups excluding carboxylic acids is 1. The van der Waals surface area contributed by atoms with Crippen LogP contribution >= 0.6 is 23.7 Å². The highest BCUT2D eigenvalue weighted by molar-refractivity contribution is 7.11. The van der Waals surface area contributed by atoms with Crippen molar-refractivity contribution < 1.29 is 4.79 Å². The van der Waals surface area contributed by atoms with E-state index in [2.05, 4.69) is 35.6 Å². The Morgan fingerprint density at radius 2 is 2.29 bits per heavy atom. The van der Waals surface area contributed by atoms with Crippen molar-refractivity contribution in [3.05, 3.63) is 21.9 Å². The lowest BCUT2D eigenvalue weighted by Crippen LogP contribution is -2.27. The molecule has 94 valence electrons. The van der Waals surface area contributed by atoms with Gasteiger partial charge in [0.1, 0.15) is 0 Å². The third-order valence-corrected chi connectivity index (χ3v) is 3.01. The molecule has 0 saturated carbocycles. The van der Waals surface area contributed by atoms with Crippen molar-refractivity contribution >= 4 is 29.7 Å². The molecule has 0 aliphatic rings. The van der Waals surface area contributed by atoms with E-state index in [1.165, 1.54) is 9.75 Å². The zero-order valence-corrected chi connectivity index (χ0v) is 11.4. The van der Waals surface area contributed by atoms with Gasteiger partial charge in [0.05, 0.1) is 6.54 Å². The third kappa shape index (κ3) is 7.01. The molecule has 1 amide bonds. The van der Waals surface area contributed by atoms with Gasteiger partial charge in [-0.15, -0.1) is 30.2 Å². The Labute approximate surface area is 112 Å². The zero-order chi connectivity index (χ0) is 11.8. The SMILES string of the molecule is C#CCNC(=O)CCNCc1ccc(C)s1.Cl. The summed E-state index contributed by atoms with van der Waals surface area (Å²) in [4.78, 5) is 13.8. The van der Waals surface area contributed by atoms with Gasteiger partial charge in [-0.05, 0) is 19.1 Å². The van der Waals surface area contributed by atoms with Crippen molar-refractivity contribution in [3.63, 3.8) is 0 Å². The minimum absolute atomic E-state index is 0. The summed E-state index contributed by atoms with van der Waals surface area (Å²) in [6.07, 6.45) is 5.50. The number of rotatable bonds is 6. The third-order valence-electron chi connectivity index (χ3n) is 2.01. The molecule has 0 aliphatic heterocycles. The van der Waals surface area contributed by atoms with E-state index >= 15 is 0 Å². The molecule has 0 fully saturated rings. The first-order valence-electron chi connectivity index (χ1n) is 5.18. The van der Waals surface area contributed by atoms with Gasteiger partial charge in [0.2, 0.25) is 5.91 Å². The van der Waals surface area contributed by atoms with E-state index in [1.807, 2.05) is 0 Å². The minimum atomic E-state index is -0.00666. The molecule has 17 heavy (non-hydrogen) atoms. The highest BCUT2D eigenvalue weighted by Crippen LogP contribution is 2.14. The van der Waals surface area contributed by atoms with Crippen molar-refractivity contribution in [2.45, 2.75) is 19.9 Å². The van der Waals surface area contributed by atoms with Gasteiger partial charge in [-0.25, -0.2) is 0 Å². The standard InChI is InChI=1S/C12H16N2OS.ClH/c1-3-7-14-12(15)6-8-13-9-11-5-4-10(2)16-11;/h1,4-5,13H,6-9H2,2H3,(H,14,15);1H. The van der Waals surface area contributed by atoms with Gasteiger partial charge in [0.25, 0.3) is 0 Å².